The van der Waals surface area contributed by atoms with Gasteiger partial charge in [0.1, 0.15) is 18.5 Å². The van der Waals surface area contributed by atoms with E-state index in [1.165, 1.54) is 22.9 Å². The molecular formula is C31H37N7O6. The van der Waals surface area contributed by atoms with Gasteiger partial charge in [0, 0.05) is 29.4 Å². The zero-order valence-corrected chi connectivity index (χ0v) is 24.9. The summed E-state index contributed by atoms with van der Waals surface area (Å²) in [5, 5.41) is 16.4. The molecule has 0 aliphatic heterocycles. The number of amidine groups is 1. The smallest absolute Gasteiger partial charge is 0.413 e. The van der Waals surface area contributed by atoms with Gasteiger partial charge in [-0.3, -0.25) is 24.9 Å². The molecule has 0 saturated heterocycles. The van der Waals surface area contributed by atoms with Crippen LogP contribution in [0.25, 0.3) is 11.3 Å². The number of alkyl carbamates (subject to hydrolysis) is 1. The van der Waals surface area contributed by atoms with Gasteiger partial charge in [-0.25, -0.2) is 14.6 Å². The van der Waals surface area contributed by atoms with Crippen molar-refractivity contribution >= 4 is 35.3 Å². The van der Waals surface area contributed by atoms with Crippen LogP contribution < -0.4 is 27.2 Å². The standard InChI is InChI=1S/C31H37N7O6/c1-4-43-30(41)22-12-21(13-23(32)14-22)25-16-35-28(36-18(2)3)29(40)38(25)17-26(39)34-15-19-8-10-20(11-9-19)27(33)37-31(42)44-24-6-5-7-24/h8-14,16,18,24H,4-7,15,17,32H2,1-3H3,(H,34,39)(H,35,36)(H2,33,37,42). The molecule has 1 aliphatic carbocycles. The van der Waals surface area contributed by atoms with Gasteiger partial charge >= 0.3 is 12.1 Å². The van der Waals surface area contributed by atoms with Crippen molar-refractivity contribution in [1.29, 1.82) is 5.41 Å². The van der Waals surface area contributed by atoms with Crippen molar-refractivity contribution < 1.29 is 23.9 Å². The van der Waals surface area contributed by atoms with Crippen molar-refractivity contribution in [3.8, 4) is 11.3 Å². The van der Waals surface area contributed by atoms with Crippen molar-refractivity contribution in [2.75, 3.05) is 17.7 Å². The topological polar surface area (TPSA) is 191 Å². The fourth-order valence-corrected chi connectivity index (χ4v) is 4.41. The largest absolute Gasteiger partial charge is 0.462 e. The van der Waals surface area contributed by atoms with Gasteiger partial charge in [-0.15, -0.1) is 0 Å². The number of anilines is 2. The maximum atomic E-state index is 13.4. The Morgan fingerprint density at radius 1 is 1.11 bits per heavy atom. The van der Waals surface area contributed by atoms with Crippen LogP contribution in [0.4, 0.5) is 16.3 Å². The molecule has 44 heavy (non-hydrogen) atoms. The Morgan fingerprint density at radius 2 is 1.84 bits per heavy atom. The zero-order chi connectivity index (χ0) is 31.8. The number of benzene rings is 2. The molecule has 3 aromatic rings. The van der Waals surface area contributed by atoms with E-state index in [4.69, 9.17) is 20.6 Å². The summed E-state index contributed by atoms with van der Waals surface area (Å²) in [6.07, 6.45) is 3.43. The molecule has 2 aromatic carbocycles. The van der Waals surface area contributed by atoms with Crippen LogP contribution in [0.5, 0.6) is 0 Å². The number of esters is 1. The van der Waals surface area contributed by atoms with Crippen molar-refractivity contribution in [1.82, 2.24) is 20.2 Å². The molecule has 2 amide bonds. The number of amides is 2. The number of carbonyl (C=O) groups is 3. The molecule has 232 valence electrons. The number of rotatable bonds is 11. The first-order chi connectivity index (χ1) is 21.0. The summed E-state index contributed by atoms with van der Waals surface area (Å²) in [5.74, 6) is -1.02. The highest BCUT2D eigenvalue weighted by atomic mass is 16.6. The van der Waals surface area contributed by atoms with Crippen molar-refractivity contribution in [2.24, 2.45) is 0 Å². The van der Waals surface area contributed by atoms with Crippen LogP contribution in [-0.2, 0) is 27.4 Å². The Labute approximate surface area is 254 Å². The van der Waals surface area contributed by atoms with Crippen molar-refractivity contribution in [2.45, 2.75) is 65.3 Å². The fourth-order valence-electron chi connectivity index (χ4n) is 4.41. The number of hydrogen-bond donors (Lipinski definition) is 5. The van der Waals surface area contributed by atoms with E-state index in [1.54, 1.807) is 37.3 Å². The number of nitrogens with zero attached hydrogens (tertiary/aromatic N) is 2. The van der Waals surface area contributed by atoms with Gasteiger partial charge in [-0.2, -0.15) is 0 Å². The Balaban J connectivity index is 1.48. The molecule has 1 fully saturated rings. The third-order valence-corrected chi connectivity index (χ3v) is 6.83. The Hall–Kier alpha value is -5.20. The monoisotopic (exact) mass is 603 g/mol. The molecule has 1 saturated carbocycles. The highest BCUT2D eigenvalue weighted by Crippen LogP contribution is 2.24. The summed E-state index contributed by atoms with van der Waals surface area (Å²) in [4.78, 5) is 55.1. The highest BCUT2D eigenvalue weighted by Gasteiger charge is 2.22. The second kappa shape index (κ2) is 14.3. The lowest BCUT2D eigenvalue weighted by atomic mass is 9.96. The van der Waals surface area contributed by atoms with Gasteiger partial charge < -0.3 is 25.8 Å². The summed E-state index contributed by atoms with van der Waals surface area (Å²) < 4.78 is 11.6. The van der Waals surface area contributed by atoms with E-state index in [9.17, 15) is 19.2 Å². The van der Waals surface area contributed by atoms with Crippen LogP contribution in [-0.4, -0.2) is 52.1 Å². The summed E-state index contributed by atoms with van der Waals surface area (Å²) in [6.45, 7) is 5.42. The lowest BCUT2D eigenvalue weighted by molar-refractivity contribution is -0.121. The van der Waals surface area contributed by atoms with E-state index >= 15 is 0 Å². The predicted molar refractivity (Wildman–Crippen MR) is 165 cm³/mol. The average molecular weight is 604 g/mol. The van der Waals surface area contributed by atoms with Crippen molar-refractivity contribution in [3.63, 3.8) is 0 Å². The molecule has 1 aliphatic rings. The number of nitrogens with one attached hydrogen (secondary N) is 4. The Bertz CT molecular complexity index is 1600. The first kappa shape index (κ1) is 31.7. The number of aromatic nitrogens is 2. The van der Waals surface area contributed by atoms with Crippen LogP contribution >= 0.6 is 0 Å². The SMILES string of the molecule is CCOC(=O)c1cc(N)cc(-c2cnc(NC(C)C)c(=O)n2CC(=O)NCc2ccc(C(=N)NC(=O)OC3CCC3)cc2)c1. The first-order valence-electron chi connectivity index (χ1n) is 14.4. The quantitative estimate of drug-likeness (QED) is 0.0946. The second-order valence-corrected chi connectivity index (χ2v) is 10.7. The molecule has 6 N–H and O–H groups in total. The third-order valence-electron chi connectivity index (χ3n) is 6.83. The van der Waals surface area contributed by atoms with Crippen LogP contribution in [0.1, 0.15) is 61.5 Å². The average Bonchev–Trinajstić information content (AvgIpc) is 2.96. The van der Waals surface area contributed by atoms with E-state index < -0.39 is 23.5 Å². The molecule has 13 nitrogen and oxygen atoms in total. The number of hydrogen-bond acceptors (Lipinski definition) is 10. The van der Waals surface area contributed by atoms with Gasteiger partial charge in [-0.05, 0) is 63.8 Å². The maximum Gasteiger partial charge on any atom is 0.413 e. The number of carbonyl (C=O) groups excluding carboxylic acids is 3. The molecule has 0 atom stereocenters. The molecule has 4 rings (SSSR count). The van der Waals surface area contributed by atoms with Gasteiger partial charge in [0.2, 0.25) is 5.91 Å². The highest BCUT2D eigenvalue weighted by molar-refractivity contribution is 6.04. The molecule has 0 radical (unpaired) electrons. The number of nitrogen functional groups attached to an aromatic ring is 1. The van der Waals surface area contributed by atoms with Gasteiger partial charge in [0.25, 0.3) is 5.56 Å². The van der Waals surface area contributed by atoms with E-state index in [2.05, 4.69) is 20.9 Å². The van der Waals surface area contributed by atoms with E-state index in [1.807, 2.05) is 13.8 Å². The third kappa shape index (κ3) is 8.21. The molecule has 0 spiro atoms. The van der Waals surface area contributed by atoms with Crippen LogP contribution in [0, 0.1) is 5.41 Å². The number of nitrogens with two attached hydrogens (primary N) is 1. The summed E-state index contributed by atoms with van der Waals surface area (Å²) in [7, 11) is 0. The summed E-state index contributed by atoms with van der Waals surface area (Å²) in [5.41, 5.74) is 7.97. The predicted octanol–water partition coefficient (Wildman–Crippen LogP) is 3.41. The minimum atomic E-state index is -0.649. The normalized spacial score (nSPS) is 12.6. The first-order valence-corrected chi connectivity index (χ1v) is 14.4. The van der Waals surface area contributed by atoms with Crippen LogP contribution in [0.2, 0.25) is 0 Å². The molecule has 1 heterocycles. The van der Waals surface area contributed by atoms with Gasteiger partial charge in [0.05, 0.1) is 24.1 Å². The van der Waals surface area contributed by atoms with Gasteiger partial charge in [0.15, 0.2) is 5.82 Å². The maximum absolute atomic E-state index is 13.4. The number of ether oxygens (including phenoxy) is 2. The van der Waals surface area contributed by atoms with Gasteiger partial charge in [-0.1, -0.05) is 24.3 Å². The van der Waals surface area contributed by atoms with Crippen LogP contribution in [0.3, 0.4) is 0 Å². The van der Waals surface area contributed by atoms with Crippen molar-refractivity contribution in [3.05, 3.63) is 75.7 Å². The Morgan fingerprint density at radius 3 is 2.48 bits per heavy atom. The van der Waals surface area contributed by atoms with E-state index in [-0.39, 0.29) is 54.7 Å². The molecule has 13 heteroatoms. The molecule has 0 unspecified atom stereocenters. The fraction of sp³-hybridized carbons (Fsp3) is 0.355. The van der Waals surface area contributed by atoms with Crippen LogP contribution in [0.15, 0.2) is 53.5 Å². The lowest BCUT2D eigenvalue weighted by Crippen LogP contribution is -2.36. The minimum Gasteiger partial charge on any atom is -0.462 e. The van der Waals surface area contributed by atoms with E-state index in [0.29, 0.717) is 16.8 Å². The zero-order valence-electron chi connectivity index (χ0n) is 24.9. The second-order valence-electron chi connectivity index (χ2n) is 10.7. The Kier molecular flexibility index (Phi) is 10.3. The molecule has 1 aromatic heterocycles. The van der Waals surface area contributed by atoms with E-state index in [0.717, 1.165) is 24.8 Å². The molecule has 0 bridgehead atoms. The minimum absolute atomic E-state index is 0.0780. The summed E-state index contributed by atoms with van der Waals surface area (Å²) >= 11 is 0. The molecular weight excluding hydrogens is 566 g/mol. The summed E-state index contributed by atoms with van der Waals surface area (Å²) in [6, 6.07) is 11.3. The lowest BCUT2D eigenvalue weighted by Gasteiger charge is -2.25.